The molecule has 7 rings (SSSR count). The van der Waals surface area contributed by atoms with Gasteiger partial charge in [0.25, 0.3) is 0 Å². The molecule has 0 aromatic heterocycles. The average Bonchev–Trinajstić information content (AvgIpc) is 3.17. The van der Waals surface area contributed by atoms with Crippen molar-refractivity contribution >= 4 is 36.2 Å². The van der Waals surface area contributed by atoms with Gasteiger partial charge in [0.05, 0.1) is 5.30 Å². The number of rotatable bonds is 9. The van der Waals surface area contributed by atoms with Crippen LogP contribution in [0.3, 0.4) is 0 Å². The zero-order valence-electron chi connectivity index (χ0n) is 27.3. The zero-order chi connectivity index (χ0) is 34.3. The summed E-state index contributed by atoms with van der Waals surface area (Å²) < 4.78 is 12.6. The molecule has 0 heterocycles. The van der Waals surface area contributed by atoms with Gasteiger partial charge in [-0.1, -0.05) is 170 Å². The van der Waals surface area contributed by atoms with Crippen molar-refractivity contribution in [2.45, 2.75) is 0 Å². The molecule has 0 saturated heterocycles. The highest BCUT2D eigenvalue weighted by atomic mass is 31.2. The summed E-state index contributed by atoms with van der Waals surface area (Å²) in [5.41, 5.74) is 12.0. The van der Waals surface area contributed by atoms with Crippen LogP contribution in [0.5, 0.6) is 0 Å². The highest BCUT2D eigenvalue weighted by molar-refractivity contribution is 7.60. The van der Waals surface area contributed by atoms with Crippen LogP contribution in [0.25, 0.3) is 45.6 Å². The van der Waals surface area contributed by atoms with Gasteiger partial charge in [-0.2, -0.15) is 0 Å². The molecule has 0 fully saturated rings. The van der Waals surface area contributed by atoms with Gasteiger partial charge in [-0.25, -0.2) is 0 Å². The van der Waals surface area contributed by atoms with Crippen LogP contribution < -0.4 is 5.30 Å². The Morgan fingerprint density at radius 1 is 0.380 bits per heavy atom. The Bertz CT molecular complexity index is 2070. The molecule has 7 aromatic carbocycles. The van der Waals surface area contributed by atoms with Crippen LogP contribution in [0.2, 0.25) is 0 Å². The fourth-order valence-corrected chi connectivity index (χ4v) is 6.74. The van der Waals surface area contributed by atoms with E-state index in [1.54, 1.807) is 12.1 Å². The molecule has 0 amide bonds. The molecule has 3 nitrogen and oxygen atoms in total. The maximum absolute atomic E-state index is 12.6. The lowest BCUT2D eigenvalue weighted by Crippen LogP contribution is -2.05. The standard InChI is InChI=1S/C46H35O3P/c47-50(48,49)44-32-42(36-25-21-34(22-26-36)29-45(38-13-5-1-6-14-38)39-15-7-2-8-16-39)31-43(33-44)37-27-23-35(24-28-37)30-46(40-17-9-3-10-18-40)41-19-11-4-12-20-41/h1-33H,(H2,47,48,49). The van der Waals surface area contributed by atoms with E-state index in [0.717, 1.165) is 66.8 Å². The molecule has 0 atom stereocenters. The minimum Gasteiger partial charge on any atom is -0.321 e. The lowest BCUT2D eigenvalue weighted by Gasteiger charge is -2.13. The van der Waals surface area contributed by atoms with Crippen molar-refractivity contribution in [3.8, 4) is 22.3 Å². The van der Waals surface area contributed by atoms with E-state index in [2.05, 4.69) is 60.7 Å². The van der Waals surface area contributed by atoms with Crippen LogP contribution in [-0.4, -0.2) is 9.79 Å². The largest absolute Gasteiger partial charge is 0.356 e. The Morgan fingerprint density at radius 2 is 0.680 bits per heavy atom. The predicted molar refractivity (Wildman–Crippen MR) is 209 cm³/mol. The average molecular weight is 667 g/mol. The van der Waals surface area contributed by atoms with Crippen LogP contribution in [0.15, 0.2) is 188 Å². The highest BCUT2D eigenvalue weighted by Crippen LogP contribution is 2.38. The van der Waals surface area contributed by atoms with Crippen molar-refractivity contribution in [2.24, 2.45) is 0 Å². The first-order valence-corrected chi connectivity index (χ1v) is 18.1. The molecule has 0 saturated carbocycles. The number of hydrogen-bond acceptors (Lipinski definition) is 1. The lowest BCUT2D eigenvalue weighted by molar-refractivity contribution is 0.387. The van der Waals surface area contributed by atoms with Crippen LogP contribution in [0.4, 0.5) is 0 Å². The predicted octanol–water partition coefficient (Wildman–Crippen LogP) is 11.0. The molecule has 2 N–H and O–H groups in total. The van der Waals surface area contributed by atoms with E-state index in [4.69, 9.17) is 0 Å². The molecular formula is C46H35O3P. The number of benzene rings is 7. The minimum absolute atomic E-state index is 0.0103. The summed E-state index contributed by atoms with van der Waals surface area (Å²) in [5, 5.41) is -0.0103. The Kier molecular flexibility index (Phi) is 9.64. The summed E-state index contributed by atoms with van der Waals surface area (Å²) in [5.74, 6) is 0. The van der Waals surface area contributed by atoms with Crippen molar-refractivity contribution in [3.63, 3.8) is 0 Å². The third kappa shape index (κ3) is 7.73. The normalized spacial score (nSPS) is 11.1. The second kappa shape index (κ2) is 14.7. The summed E-state index contributed by atoms with van der Waals surface area (Å²) in [6, 6.07) is 62.6. The van der Waals surface area contributed by atoms with E-state index in [-0.39, 0.29) is 5.30 Å². The van der Waals surface area contributed by atoms with Crippen molar-refractivity contribution in [1.29, 1.82) is 0 Å². The lowest BCUT2D eigenvalue weighted by atomic mass is 9.94. The first kappa shape index (κ1) is 32.7. The van der Waals surface area contributed by atoms with Gasteiger partial charge in [0.2, 0.25) is 0 Å². The van der Waals surface area contributed by atoms with Crippen molar-refractivity contribution < 1.29 is 14.4 Å². The second-order valence-electron chi connectivity index (χ2n) is 12.1. The molecule has 0 spiro atoms. The van der Waals surface area contributed by atoms with Crippen LogP contribution in [-0.2, 0) is 4.57 Å². The van der Waals surface area contributed by atoms with Gasteiger partial charge < -0.3 is 9.79 Å². The first-order chi connectivity index (χ1) is 24.4. The summed E-state index contributed by atoms with van der Waals surface area (Å²) in [6.07, 6.45) is 4.34. The van der Waals surface area contributed by atoms with Crippen molar-refractivity contribution in [2.75, 3.05) is 0 Å². The maximum atomic E-state index is 12.6. The smallest absolute Gasteiger partial charge is 0.321 e. The van der Waals surface area contributed by atoms with E-state index >= 15 is 0 Å². The topological polar surface area (TPSA) is 57.5 Å². The third-order valence-electron chi connectivity index (χ3n) is 8.70. The Morgan fingerprint density at radius 3 is 0.960 bits per heavy atom. The van der Waals surface area contributed by atoms with Gasteiger partial charge in [0.15, 0.2) is 0 Å². The van der Waals surface area contributed by atoms with Gasteiger partial charge >= 0.3 is 7.60 Å². The molecule has 0 aliphatic carbocycles. The van der Waals surface area contributed by atoms with Gasteiger partial charge in [-0.15, -0.1) is 0 Å². The fraction of sp³-hybridized carbons (Fsp3) is 0. The Balaban J connectivity index is 1.22. The Hall–Kier alpha value is -5.83. The molecule has 4 heteroatoms. The van der Waals surface area contributed by atoms with Crippen molar-refractivity contribution in [3.05, 3.63) is 221 Å². The van der Waals surface area contributed by atoms with E-state index in [1.165, 1.54) is 0 Å². The fourth-order valence-electron chi connectivity index (χ4n) is 6.13. The molecule has 0 unspecified atom stereocenters. The van der Waals surface area contributed by atoms with Gasteiger partial charge in [-0.05, 0) is 97.1 Å². The van der Waals surface area contributed by atoms with Crippen LogP contribution in [0.1, 0.15) is 33.4 Å². The monoisotopic (exact) mass is 666 g/mol. The van der Waals surface area contributed by atoms with E-state index in [1.807, 2.05) is 127 Å². The van der Waals surface area contributed by atoms with Crippen molar-refractivity contribution in [1.82, 2.24) is 0 Å². The molecular weight excluding hydrogens is 631 g/mol. The van der Waals surface area contributed by atoms with Gasteiger partial charge in [-0.3, -0.25) is 4.57 Å². The highest BCUT2D eigenvalue weighted by Gasteiger charge is 2.20. The first-order valence-electron chi connectivity index (χ1n) is 16.5. The minimum atomic E-state index is -4.52. The van der Waals surface area contributed by atoms with Gasteiger partial charge in [0.1, 0.15) is 0 Å². The van der Waals surface area contributed by atoms with Crippen LogP contribution >= 0.6 is 7.60 Å². The summed E-state index contributed by atoms with van der Waals surface area (Å²) in [4.78, 5) is 20.5. The zero-order valence-corrected chi connectivity index (χ0v) is 28.2. The molecule has 0 radical (unpaired) electrons. The second-order valence-corrected chi connectivity index (χ2v) is 13.7. The maximum Gasteiger partial charge on any atom is 0.356 e. The SMILES string of the molecule is O=P(O)(O)c1cc(-c2ccc(C=C(c3ccccc3)c3ccccc3)cc2)cc(-c2ccc(C=C(c3ccccc3)c3ccccc3)cc2)c1. The summed E-state index contributed by atoms with van der Waals surface area (Å²) in [6.45, 7) is 0. The molecule has 0 bridgehead atoms. The van der Waals surface area contributed by atoms with E-state index < -0.39 is 7.60 Å². The molecule has 50 heavy (non-hydrogen) atoms. The molecule has 0 aliphatic rings. The van der Waals surface area contributed by atoms with Crippen LogP contribution in [0, 0.1) is 0 Å². The number of hydrogen-bond donors (Lipinski definition) is 2. The Labute approximate surface area is 293 Å². The van der Waals surface area contributed by atoms with E-state index in [0.29, 0.717) is 0 Å². The molecule has 0 aliphatic heterocycles. The summed E-state index contributed by atoms with van der Waals surface area (Å²) in [7, 11) is -4.52. The van der Waals surface area contributed by atoms with Gasteiger partial charge in [0, 0.05) is 0 Å². The quantitative estimate of drug-likeness (QED) is 0.119. The van der Waals surface area contributed by atoms with E-state index in [9.17, 15) is 14.4 Å². The third-order valence-corrected chi connectivity index (χ3v) is 9.63. The summed E-state index contributed by atoms with van der Waals surface area (Å²) >= 11 is 0. The molecule has 7 aromatic rings. The molecule has 242 valence electrons.